The highest BCUT2D eigenvalue weighted by Gasteiger charge is 2.27. The smallest absolute Gasteiger partial charge is 0.234 e. The standard InChI is InChI=1S/C9H18N2OS/c1-3-8(9(10)12)11(2)7-4-5-13-6-7/h7-8H,3-6H2,1-2H3,(H2,10,12). The predicted octanol–water partition coefficient (Wildman–Crippen LogP) is 0.688. The minimum absolute atomic E-state index is 0.0799. The first-order valence-corrected chi connectivity index (χ1v) is 5.91. The maximum atomic E-state index is 11.1. The molecule has 1 fully saturated rings. The van der Waals surface area contributed by atoms with Crippen LogP contribution in [-0.2, 0) is 4.79 Å². The third-order valence-electron chi connectivity index (χ3n) is 2.69. The molecule has 0 spiro atoms. The van der Waals surface area contributed by atoms with Gasteiger partial charge in [0.25, 0.3) is 0 Å². The van der Waals surface area contributed by atoms with Crippen LogP contribution in [0.25, 0.3) is 0 Å². The normalized spacial score (nSPS) is 25.0. The van der Waals surface area contributed by atoms with Crippen molar-refractivity contribution >= 4 is 17.7 Å². The number of nitrogens with zero attached hydrogens (tertiary/aromatic N) is 1. The van der Waals surface area contributed by atoms with E-state index in [1.807, 2.05) is 25.7 Å². The van der Waals surface area contributed by atoms with Gasteiger partial charge in [-0.25, -0.2) is 0 Å². The van der Waals surface area contributed by atoms with Gasteiger partial charge in [-0.1, -0.05) is 6.92 Å². The van der Waals surface area contributed by atoms with Gasteiger partial charge in [0.05, 0.1) is 6.04 Å². The summed E-state index contributed by atoms with van der Waals surface area (Å²) < 4.78 is 0. The number of likely N-dealkylation sites (N-methyl/N-ethyl adjacent to an activating group) is 1. The Hall–Kier alpha value is -0.220. The van der Waals surface area contributed by atoms with E-state index in [0.717, 1.165) is 12.2 Å². The third kappa shape index (κ3) is 2.61. The quantitative estimate of drug-likeness (QED) is 0.729. The van der Waals surface area contributed by atoms with E-state index in [4.69, 9.17) is 5.73 Å². The van der Waals surface area contributed by atoms with Crippen LogP contribution in [0, 0.1) is 0 Å². The SMILES string of the molecule is CCC(C(N)=O)N(C)C1CCSC1. The number of primary amides is 1. The third-order valence-corrected chi connectivity index (χ3v) is 3.83. The van der Waals surface area contributed by atoms with Gasteiger partial charge in [0, 0.05) is 11.8 Å². The fourth-order valence-corrected chi connectivity index (χ4v) is 3.07. The lowest BCUT2D eigenvalue weighted by atomic mass is 10.1. The first kappa shape index (κ1) is 10.9. The number of carbonyl (C=O) groups excluding carboxylic acids is 1. The minimum Gasteiger partial charge on any atom is -0.368 e. The Labute approximate surface area is 84.0 Å². The summed E-state index contributed by atoms with van der Waals surface area (Å²) in [6.45, 7) is 2.01. The van der Waals surface area contributed by atoms with E-state index in [9.17, 15) is 4.79 Å². The fourth-order valence-electron chi connectivity index (χ4n) is 1.79. The summed E-state index contributed by atoms with van der Waals surface area (Å²) in [6.07, 6.45) is 2.00. The molecule has 2 unspecified atom stereocenters. The number of nitrogens with two attached hydrogens (primary N) is 1. The highest BCUT2D eigenvalue weighted by atomic mass is 32.2. The van der Waals surface area contributed by atoms with Crippen LogP contribution in [0.5, 0.6) is 0 Å². The monoisotopic (exact) mass is 202 g/mol. The molecule has 1 heterocycles. The van der Waals surface area contributed by atoms with Crippen LogP contribution in [0.15, 0.2) is 0 Å². The first-order valence-electron chi connectivity index (χ1n) is 4.75. The highest BCUT2D eigenvalue weighted by molar-refractivity contribution is 7.99. The molecule has 76 valence electrons. The van der Waals surface area contributed by atoms with Crippen molar-refractivity contribution in [3.8, 4) is 0 Å². The summed E-state index contributed by atoms with van der Waals surface area (Å²) in [5.41, 5.74) is 5.33. The van der Waals surface area contributed by atoms with Gasteiger partial charge in [0.1, 0.15) is 0 Å². The molecule has 2 atom stereocenters. The number of amides is 1. The van der Waals surface area contributed by atoms with Gasteiger partial charge in [0.2, 0.25) is 5.91 Å². The van der Waals surface area contributed by atoms with E-state index < -0.39 is 0 Å². The zero-order valence-corrected chi connectivity index (χ0v) is 9.14. The van der Waals surface area contributed by atoms with Gasteiger partial charge in [-0.05, 0) is 25.6 Å². The van der Waals surface area contributed by atoms with E-state index in [-0.39, 0.29) is 11.9 Å². The number of hydrogen-bond donors (Lipinski definition) is 1. The van der Waals surface area contributed by atoms with E-state index in [1.54, 1.807) is 0 Å². The summed E-state index contributed by atoms with van der Waals surface area (Å²) in [6, 6.07) is 0.464. The van der Waals surface area contributed by atoms with Crippen LogP contribution in [0.1, 0.15) is 19.8 Å². The second kappa shape index (κ2) is 4.86. The number of carbonyl (C=O) groups is 1. The molecule has 1 amide bonds. The molecule has 4 heteroatoms. The fraction of sp³-hybridized carbons (Fsp3) is 0.889. The Balaban J connectivity index is 2.51. The Morgan fingerprint density at radius 2 is 2.46 bits per heavy atom. The molecule has 0 aromatic heterocycles. The van der Waals surface area contributed by atoms with Crippen LogP contribution in [0.4, 0.5) is 0 Å². The maximum absolute atomic E-state index is 11.1. The zero-order valence-electron chi connectivity index (χ0n) is 8.32. The van der Waals surface area contributed by atoms with Crippen LogP contribution in [0.2, 0.25) is 0 Å². The summed E-state index contributed by atoms with van der Waals surface area (Å²) >= 11 is 1.96. The first-order chi connectivity index (χ1) is 6.16. The number of thioether (sulfide) groups is 1. The van der Waals surface area contributed by atoms with Crippen molar-refractivity contribution < 1.29 is 4.79 Å². The second-order valence-electron chi connectivity index (χ2n) is 3.51. The second-order valence-corrected chi connectivity index (χ2v) is 4.66. The molecule has 0 aromatic rings. The van der Waals surface area contributed by atoms with Crippen LogP contribution < -0.4 is 5.73 Å². The van der Waals surface area contributed by atoms with Gasteiger partial charge in [-0.15, -0.1) is 0 Å². The van der Waals surface area contributed by atoms with Gasteiger partial charge >= 0.3 is 0 Å². The van der Waals surface area contributed by atoms with E-state index in [1.165, 1.54) is 12.2 Å². The molecule has 1 aliphatic heterocycles. The Kier molecular flexibility index (Phi) is 4.06. The number of hydrogen-bond acceptors (Lipinski definition) is 3. The molecule has 0 radical (unpaired) electrons. The summed E-state index contributed by atoms with van der Waals surface area (Å²) in [7, 11) is 2.01. The largest absolute Gasteiger partial charge is 0.368 e. The van der Waals surface area contributed by atoms with Crippen molar-refractivity contribution in [2.45, 2.75) is 31.8 Å². The summed E-state index contributed by atoms with van der Waals surface area (Å²) in [5, 5.41) is 0. The molecular formula is C9H18N2OS. The summed E-state index contributed by atoms with van der Waals surface area (Å²) in [5.74, 6) is 2.16. The molecule has 1 aliphatic rings. The van der Waals surface area contributed by atoms with E-state index in [2.05, 4.69) is 4.90 Å². The topological polar surface area (TPSA) is 46.3 Å². The van der Waals surface area contributed by atoms with Crippen molar-refractivity contribution in [1.29, 1.82) is 0 Å². The van der Waals surface area contributed by atoms with Crippen molar-refractivity contribution in [3.63, 3.8) is 0 Å². The molecule has 0 aromatic carbocycles. The molecule has 1 rings (SSSR count). The van der Waals surface area contributed by atoms with Crippen molar-refractivity contribution in [3.05, 3.63) is 0 Å². The molecule has 0 bridgehead atoms. The Morgan fingerprint density at radius 1 is 1.77 bits per heavy atom. The van der Waals surface area contributed by atoms with Crippen molar-refractivity contribution in [2.75, 3.05) is 18.6 Å². The molecule has 2 N–H and O–H groups in total. The molecule has 0 aliphatic carbocycles. The summed E-state index contributed by atoms with van der Waals surface area (Å²) in [4.78, 5) is 13.2. The van der Waals surface area contributed by atoms with Crippen LogP contribution >= 0.6 is 11.8 Å². The molecule has 13 heavy (non-hydrogen) atoms. The maximum Gasteiger partial charge on any atom is 0.234 e. The van der Waals surface area contributed by atoms with Crippen molar-refractivity contribution in [2.24, 2.45) is 5.73 Å². The lowest BCUT2D eigenvalue weighted by Gasteiger charge is -2.29. The highest BCUT2D eigenvalue weighted by Crippen LogP contribution is 2.23. The zero-order chi connectivity index (χ0) is 9.84. The van der Waals surface area contributed by atoms with E-state index in [0.29, 0.717) is 6.04 Å². The molecule has 1 saturated heterocycles. The predicted molar refractivity (Wildman–Crippen MR) is 56.8 cm³/mol. The van der Waals surface area contributed by atoms with E-state index >= 15 is 0 Å². The Morgan fingerprint density at radius 3 is 2.85 bits per heavy atom. The average Bonchev–Trinajstić information content (AvgIpc) is 2.56. The molecule has 3 nitrogen and oxygen atoms in total. The molecular weight excluding hydrogens is 184 g/mol. The van der Waals surface area contributed by atoms with Gasteiger partial charge in [-0.3, -0.25) is 9.69 Å². The lowest BCUT2D eigenvalue weighted by molar-refractivity contribution is -0.123. The molecule has 0 saturated carbocycles. The Bertz CT molecular complexity index is 180. The minimum atomic E-state index is -0.193. The van der Waals surface area contributed by atoms with Crippen LogP contribution in [-0.4, -0.2) is 41.4 Å². The van der Waals surface area contributed by atoms with Gasteiger partial charge in [-0.2, -0.15) is 11.8 Å². The van der Waals surface area contributed by atoms with Crippen molar-refractivity contribution in [1.82, 2.24) is 4.90 Å². The average molecular weight is 202 g/mol. The lowest BCUT2D eigenvalue weighted by Crippen LogP contribution is -2.47. The number of rotatable bonds is 4. The van der Waals surface area contributed by atoms with Gasteiger partial charge in [0.15, 0.2) is 0 Å². The van der Waals surface area contributed by atoms with Gasteiger partial charge < -0.3 is 5.73 Å². The van der Waals surface area contributed by atoms with Crippen LogP contribution in [0.3, 0.4) is 0 Å².